The molecule has 1 aromatic carbocycles. The van der Waals surface area contributed by atoms with Gasteiger partial charge in [-0.2, -0.15) is 0 Å². The van der Waals surface area contributed by atoms with E-state index in [9.17, 15) is 0 Å². The summed E-state index contributed by atoms with van der Waals surface area (Å²) >= 11 is 4.15. The van der Waals surface area contributed by atoms with Gasteiger partial charge in [-0.15, -0.1) is 12.6 Å². The second-order valence-corrected chi connectivity index (χ2v) is 3.74. The third-order valence-electron chi connectivity index (χ3n) is 1.85. The molecule has 0 fully saturated rings. The third kappa shape index (κ3) is 6.98. The van der Waals surface area contributed by atoms with Crippen molar-refractivity contribution in [2.24, 2.45) is 5.73 Å². The Morgan fingerprint density at radius 2 is 1.86 bits per heavy atom. The van der Waals surface area contributed by atoms with Crippen LogP contribution in [0.3, 0.4) is 0 Å². The lowest BCUT2D eigenvalue weighted by atomic mass is 10.2. The molecule has 0 aliphatic rings. The highest BCUT2D eigenvalue weighted by atomic mass is 32.1. The zero-order valence-corrected chi connectivity index (χ0v) is 10.1. The third-order valence-corrected chi connectivity index (χ3v) is 2.13. The van der Waals surface area contributed by atoms with Gasteiger partial charge in [-0.1, -0.05) is 45.2 Å². The Morgan fingerprint density at radius 1 is 1.21 bits per heavy atom. The number of thiol groups is 1. The van der Waals surface area contributed by atoms with Crippen LogP contribution in [0.5, 0.6) is 0 Å². The van der Waals surface area contributed by atoms with E-state index in [-0.39, 0.29) is 0 Å². The van der Waals surface area contributed by atoms with Crippen LogP contribution in [-0.4, -0.2) is 0 Å². The summed E-state index contributed by atoms with van der Waals surface area (Å²) in [6.45, 7) is 5.02. The molecule has 1 nitrogen and oxygen atoms in total. The van der Waals surface area contributed by atoms with Gasteiger partial charge in [-0.3, -0.25) is 0 Å². The lowest BCUT2D eigenvalue weighted by Gasteiger charge is -1.94. The van der Waals surface area contributed by atoms with Crippen molar-refractivity contribution in [3.63, 3.8) is 0 Å². The number of nitrogens with two attached hydrogens (primary N) is 1. The Morgan fingerprint density at radius 3 is 2.14 bits per heavy atom. The van der Waals surface area contributed by atoms with Crippen LogP contribution in [-0.2, 0) is 6.54 Å². The Balaban J connectivity index is 0.000000292. The van der Waals surface area contributed by atoms with Crippen molar-refractivity contribution in [2.75, 3.05) is 0 Å². The van der Waals surface area contributed by atoms with Crippen molar-refractivity contribution in [3.05, 3.63) is 29.8 Å². The van der Waals surface area contributed by atoms with Crippen LogP contribution in [0.1, 0.15) is 38.7 Å². The normalized spacial score (nSPS) is 9.14. The summed E-state index contributed by atoms with van der Waals surface area (Å²) in [5.41, 5.74) is 6.51. The standard InChI is InChI=1S/C7H9NS.C5H12/c8-5-6-2-1-3-7(9)4-6;1-3-5-4-2/h1-4,9H,5,8H2;3-5H2,1-2H3. The molecule has 0 atom stereocenters. The first-order chi connectivity index (χ1) is 6.74. The molecule has 0 unspecified atom stereocenters. The van der Waals surface area contributed by atoms with Gasteiger partial charge in [0.1, 0.15) is 0 Å². The molecule has 2 N–H and O–H groups in total. The molecule has 0 aliphatic carbocycles. The molecule has 0 heterocycles. The van der Waals surface area contributed by atoms with Crippen LogP contribution in [0, 0.1) is 0 Å². The second kappa shape index (κ2) is 9.10. The summed E-state index contributed by atoms with van der Waals surface area (Å²) in [4.78, 5) is 0.970. The maximum atomic E-state index is 5.38. The predicted molar refractivity (Wildman–Crippen MR) is 66.8 cm³/mol. The Hall–Kier alpha value is -0.470. The maximum absolute atomic E-state index is 5.38. The van der Waals surface area contributed by atoms with Crippen molar-refractivity contribution in [1.82, 2.24) is 0 Å². The Kier molecular flexibility index (Phi) is 8.79. The highest BCUT2D eigenvalue weighted by Crippen LogP contribution is 2.07. The SMILES string of the molecule is CCCCC.NCc1cccc(S)c1. The van der Waals surface area contributed by atoms with Gasteiger partial charge in [0.25, 0.3) is 0 Å². The summed E-state index contributed by atoms with van der Waals surface area (Å²) in [5.74, 6) is 0. The molecule has 0 aromatic heterocycles. The van der Waals surface area contributed by atoms with Gasteiger partial charge in [-0.25, -0.2) is 0 Å². The minimum absolute atomic E-state index is 0.592. The fourth-order valence-corrected chi connectivity index (χ4v) is 1.29. The van der Waals surface area contributed by atoms with Gasteiger partial charge in [0.05, 0.1) is 0 Å². The highest BCUT2D eigenvalue weighted by Gasteiger charge is 1.86. The van der Waals surface area contributed by atoms with Gasteiger partial charge in [0.2, 0.25) is 0 Å². The molecule has 1 aromatic rings. The number of hydrogen-bond donors (Lipinski definition) is 2. The van der Waals surface area contributed by atoms with Crippen LogP contribution in [0.25, 0.3) is 0 Å². The number of rotatable bonds is 3. The van der Waals surface area contributed by atoms with Crippen molar-refractivity contribution in [1.29, 1.82) is 0 Å². The minimum atomic E-state index is 0.592. The maximum Gasteiger partial charge on any atom is 0.0178 e. The van der Waals surface area contributed by atoms with E-state index in [1.165, 1.54) is 19.3 Å². The van der Waals surface area contributed by atoms with Crippen molar-refractivity contribution in [3.8, 4) is 0 Å². The molecule has 0 radical (unpaired) electrons. The Labute approximate surface area is 93.1 Å². The van der Waals surface area contributed by atoms with E-state index in [0.717, 1.165) is 10.5 Å². The quantitative estimate of drug-likeness (QED) is 0.734. The summed E-state index contributed by atoms with van der Waals surface area (Å²) in [6, 6.07) is 7.83. The predicted octanol–water partition coefficient (Wildman–Crippen LogP) is 3.63. The van der Waals surface area contributed by atoms with Gasteiger partial charge in [0.15, 0.2) is 0 Å². The first-order valence-electron chi connectivity index (χ1n) is 5.22. The molecule has 0 bridgehead atoms. The largest absolute Gasteiger partial charge is 0.326 e. The van der Waals surface area contributed by atoms with Crippen molar-refractivity contribution >= 4 is 12.6 Å². The number of hydrogen-bond acceptors (Lipinski definition) is 2. The summed E-state index contributed by atoms with van der Waals surface area (Å²) < 4.78 is 0. The summed E-state index contributed by atoms with van der Waals surface area (Å²) in [6.07, 6.45) is 4.08. The monoisotopic (exact) mass is 211 g/mol. The van der Waals surface area contributed by atoms with E-state index in [1.54, 1.807) is 0 Å². The first kappa shape index (κ1) is 13.5. The van der Waals surface area contributed by atoms with E-state index in [0.29, 0.717) is 6.54 Å². The highest BCUT2D eigenvalue weighted by molar-refractivity contribution is 7.80. The molecular weight excluding hydrogens is 190 g/mol. The zero-order chi connectivity index (χ0) is 10.8. The average Bonchev–Trinajstić information content (AvgIpc) is 2.20. The first-order valence-corrected chi connectivity index (χ1v) is 5.67. The molecular formula is C12H21NS. The second-order valence-electron chi connectivity index (χ2n) is 3.23. The number of benzene rings is 1. The average molecular weight is 211 g/mol. The minimum Gasteiger partial charge on any atom is -0.326 e. The van der Waals surface area contributed by atoms with E-state index >= 15 is 0 Å². The van der Waals surface area contributed by atoms with Crippen LogP contribution in [0.2, 0.25) is 0 Å². The fourth-order valence-electron chi connectivity index (χ4n) is 1.04. The molecule has 0 spiro atoms. The smallest absolute Gasteiger partial charge is 0.0178 e. The fraction of sp³-hybridized carbons (Fsp3) is 0.500. The molecule has 80 valence electrons. The molecule has 0 saturated heterocycles. The van der Waals surface area contributed by atoms with E-state index in [4.69, 9.17) is 5.73 Å². The summed E-state index contributed by atoms with van der Waals surface area (Å²) in [5, 5.41) is 0. The molecule has 0 amide bonds. The molecule has 0 saturated carbocycles. The van der Waals surface area contributed by atoms with Crippen LogP contribution < -0.4 is 5.73 Å². The lowest BCUT2D eigenvalue weighted by molar-refractivity contribution is 0.772. The van der Waals surface area contributed by atoms with E-state index in [1.807, 2.05) is 24.3 Å². The Bertz CT molecular complexity index is 234. The van der Waals surface area contributed by atoms with Crippen LogP contribution >= 0.6 is 12.6 Å². The van der Waals surface area contributed by atoms with Crippen LogP contribution in [0.15, 0.2) is 29.2 Å². The lowest BCUT2D eigenvalue weighted by Crippen LogP contribution is -1.94. The number of unbranched alkanes of at least 4 members (excludes halogenated alkanes) is 2. The van der Waals surface area contributed by atoms with Gasteiger partial charge in [0, 0.05) is 11.4 Å². The summed E-state index contributed by atoms with van der Waals surface area (Å²) in [7, 11) is 0. The molecule has 0 aliphatic heterocycles. The van der Waals surface area contributed by atoms with Gasteiger partial charge >= 0.3 is 0 Å². The zero-order valence-electron chi connectivity index (χ0n) is 9.16. The molecule has 1 rings (SSSR count). The molecule has 14 heavy (non-hydrogen) atoms. The van der Waals surface area contributed by atoms with E-state index in [2.05, 4.69) is 26.5 Å². The topological polar surface area (TPSA) is 26.0 Å². The van der Waals surface area contributed by atoms with Crippen molar-refractivity contribution in [2.45, 2.75) is 44.6 Å². The van der Waals surface area contributed by atoms with Gasteiger partial charge < -0.3 is 5.73 Å². The van der Waals surface area contributed by atoms with Gasteiger partial charge in [-0.05, 0) is 17.7 Å². The molecule has 2 heteroatoms. The van der Waals surface area contributed by atoms with Crippen LogP contribution in [0.4, 0.5) is 0 Å². The van der Waals surface area contributed by atoms with Crippen molar-refractivity contribution < 1.29 is 0 Å². The van der Waals surface area contributed by atoms with E-state index < -0.39 is 0 Å².